The molecule has 0 saturated heterocycles. The standard InChI is InChI=1S/C8H10FNO/c9-7-4-3-6(11-7)8(10)5-1-2-5/h3-5,8H,1-2,10H2/t8-/m0/s1. The maximum Gasteiger partial charge on any atom is 0.277 e. The maximum absolute atomic E-state index is 12.3. The zero-order valence-corrected chi connectivity index (χ0v) is 6.09. The molecule has 1 aliphatic rings. The molecule has 2 nitrogen and oxygen atoms in total. The van der Waals surface area contributed by atoms with Crippen LogP contribution in [0.3, 0.4) is 0 Å². The second-order valence-corrected chi connectivity index (χ2v) is 3.01. The molecule has 2 N–H and O–H groups in total. The van der Waals surface area contributed by atoms with Crippen LogP contribution in [-0.4, -0.2) is 0 Å². The first-order valence-corrected chi connectivity index (χ1v) is 3.78. The van der Waals surface area contributed by atoms with E-state index in [0.717, 1.165) is 12.8 Å². The SMILES string of the molecule is N[C@H](c1ccc(F)o1)C1CC1. The van der Waals surface area contributed by atoms with Crippen molar-refractivity contribution in [2.75, 3.05) is 0 Å². The number of rotatable bonds is 2. The van der Waals surface area contributed by atoms with Gasteiger partial charge in [-0.2, -0.15) is 4.39 Å². The third-order valence-electron chi connectivity index (χ3n) is 2.05. The van der Waals surface area contributed by atoms with Crippen molar-refractivity contribution >= 4 is 0 Å². The Morgan fingerprint density at radius 2 is 2.27 bits per heavy atom. The molecule has 60 valence electrons. The monoisotopic (exact) mass is 155 g/mol. The quantitative estimate of drug-likeness (QED) is 0.707. The van der Waals surface area contributed by atoms with Crippen molar-refractivity contribution in [3.63, 3.8) is 0 Å². The molecule has 1 heterocycles. The third kappa shape index (κ3) is 1.28. The molecule has 1 fully saturated rings. The highest BCUT2D eigenvalue weighted by Gasteiger charge is 2.31. The first kappa shape index (κ1) is 6.85. The lowest BCUT2D eigenvalue weighted by atomic mass is 10.1. The highest BCUT2D eigenvalue weighted by molar-refractivity contribution is 5.08. The summed E-state index contributed by atoms with van der Waals surface area (Å²) in [6.45, 7) is 0. The first-order chi connectivity index (χ1) is 5.27. The molecule has 0 aromatic carbocycles. The lowest BCUT2D eigenvalue weighted by Gasteiger charge is -2.04. The Balaban J connectivity index is 2.14. The van der Waals surface area contributed by atoms with Crippen molar-refractivity contribution in [2.45, 2.75) is 18.9 Å². The van der Waals surface area contributed by atoms with Gasteiger partial charge in [-0.3, -0.25) is 0 Å². The molecular weight excluding hydrogens is 145 g/mol. The summed E-state index contributed by atoms with van der Waals surface area (Å²) in [4.78, 5) is 0. The van der Waals surface area contributed by atoms with Crippen LogP contribution in [0.1, 0.15) is 24.6 Å². The Morgan fingerprint density at radius 3 is 2.73 bits per heavy atom. The molecule has 1 aliphatic carbocycles. The van der Waals surface area contributed by atoms with Gasteiger partial charge < -0.3 is 10.2 Å². The summed E-state index contributed by atoms with van der Waals surface area (Å²) in [6.07, 6.45) is 2.28. The number of furan rings is 1. The van der Waals surface area contributed by atoms with E-state index < -0.39 is 6.01 Å². The van der Waals surface area contributed by atoms with Crippen molar-refractivity contribution in [2.24, 2.45) is 11.7 Å². The summed E-state index contributed by atoms with van der Waals surface area (Å²) in [5.74, 6) is 1.09. The first-order valence-electron chi connectivity index (χ1n) is 3.78. The molecule has 1 aromatic rings. The highest BCUT2D eigenvalue weighted by atomic mass is 19.1. The summed E-state index contributed by atoms with van der Waals surface area (Å²) < 4.78 is 17.1. The van der Waals surface area contributed by atoms with Gasteiger partial charge in [-0.25, -0.2) is 0 Å². The molecule has 2 rings (SSSR count). The lowest BCUT2D eigenvalue weighted by molar-refractivity contribution is 0.318. The number of hydrogen-bond acceptors (Lipinski definition) is 2. The smallest absolute Gasteiger partial charge is 0.277 e. The van der Waals surface area contributed by atoms with Crippen LogP contribution in [-0.2, 0) is 0 Å². The molecule has 1 atom stereocenters. The van der Waals surface area contributed by atoms with Gasteiger partial charge in [0, 0.05) is 6.07 Å². The third-order valence-corrected chi connectivity index (χ3v) is 2.05. The van der Waals surface area contributed by atoms with E-state index in [4.69, 9.17) is 10.2 Å². The number of halogens is 1. The van der Waals surface area contributed by atoms with Crippen molar-refractivity contribution in [3.8, 4) is 0 Å². The minimum atomic E-state index is -0.545. The predicted molar refractivity (Wildman–Crippen MR) is 38.3 cm³/mol. The van der Waals surface area contributed by atoms with E-state index in [-0.39, 0.29) is 6.04 Å². The van der Waals surface area contributed by atoms with E-state index in [1.807, 2.05) is 0 Å². The number of nitrogens with two attached hydrogens (primary N) is 1. The summed E-state index contributed by atoms with van der Waals surface area (Å²) in [7, 11) is 0. The normalized spacial score (nSPS) is 20.2. The van der Waals surface area contributed by atoms with Crippen LogP contribution in [0, 0.1) is 11.9 Å². The van der Waals surface area contributed by atoms with Gasteiger partial charge in [0.15, 0.2) is 0 Å². The Kier molecular flexibility index (Phi) is 1.46. The Morgan fingerprint density at radius 1 is 1.55 bits per heavy atom. The van der Waals surface area contributed by atoms with Crippen LogP contribution in [0.15, 0.2) is 16.5 Å². The van der Waals surface area contributed by atoms with E-state index in [9.17, 15) is 4.39 Å². The molecule has 1 aromatic heterocycles. The van der Waals surface area contributed by atoms with Crippen LogP contribution < -0.4 is 5.73 Å². The predicted octanol–water partition coefficient (Wildman–Crippen LogP) is 1.83. The molecule has 0 spiro atoms. The van der Waals surface area contributed by atoms with Crippen LogP contribution in [0.5, 0.6) is 0 Å². The van der Waals surface area contributed by atoms with Gasteiger partial charge in [-0.05, 0) is 24.8 Å². The average molecular weight is 155 g/mol. The lowest BCUT2D eigenvalue weighted by Crippen LogP contribution is -2.10. The van der Waals surface area contributed by atoms with E-state index in [0.29, 0.717) is 11.7 Å². The summed E-state index contributed by atoms with van der Waals surface area (Å²) in [5, 5.41) is 0. The van der Waals surface area contributed by atoms with Gasteiger partial charge in [0.1, 0.15) is 5.76 Å². The number of hydrogen-bond donors (Lipinski definition) is 1. The van der Waals surface area contributed by atoms with Crippen LogP contribution in [0.25, 0.3) is 0 Å². The van der Waals surface area contributed by atoms with Gasteiger partial charge in [-0.15, -0.1) is 0 Å². The summed E-state index contributed by atoms with van der Waals surface area (Å²) in [5.41, 5.74) is 5.75. The fraction of sp³-hybridized carbons (Fsp3) is 0.500. The van der Waals surface area contributed by atoms with E-state index in [2.05, 4.69) is 0 Å². The molecule has 11 heavy (non-hydrogen) atoms. The Bertz CT molecular complexity index is 254. The molecule has 1 saturated carbocycles. The van der Waals surface area contributed by atoms with Crippen molar-refractivity contribution in [1.82, 2.24) is 0 Å². The summed E-state index contributed by atoms with van der Waals surface area (Å²) >= 11 is 0. The van der Waals surface area contributed by atoms with E-state index in [1.165, 1.54) is 6.07 Å². The highest BCUT2D eigenvalue weighted by Crippen LogP contribution is 2.39. The van der Waals surface area contributed by atoms with Gasteiger partial charge in [-0.1, -0.05) is 0 Å². The minimum Gasteiger partial charge on any atom is -0.434 e. The topological polar surface area (TPSA) is 39.2 Å². The average Bonchev–Trinajstić information content (AvgIpc) is 2.74. The van der Waals surface area contributed by atoms with E-state index in [1.54, 1.807) is 6.07 Å². The molecular formula is C8H10FNO. The molecule has 0 radical (unpaired) electrons. The second-order valence-electron chi connectivity index (χ2n) is 3.01. The van der Waals surface area contributed by atoms with Crippen LogP contribution in [0.2, 0.25) is 0 Å². The van der Waals surface area contributed by atoms with Gasteiger partial charge in [0.05, 0.1) is 6.04 Å². The van der Waals surface area contributed by atoms with Gasteiger partial charge in [0.2, 0.25) is 0 Å². The Labute approximate surface area is 64.2 Å². The van der Waals surface area contributed by atoms with Crippen molar-refractivity contribution in [1.29, 1.82) is 0 Å². The van der Waals surface area contributed by atoms with E-state index >= 15 is 0 Å². The largest absolute Gasteiger partial charge is 0.434 e. The maximum atomic E-state index is 12.3. The van der Waals surface area contributed by atoms with Gasteiger partial charge >= 0.3 is 0 Å². The zero-order chi connectivity index (χ0) is 7.84. The van der Waals surface area contributed by atoms with Crippen LogP contribution >= 0.6 is 0 Å². The fourth-order valence-corrected chi connectivity index (χ4v) is 1.20. The second kappa shape index (κ2) is 2.34. The van der Waals surface area contributed by atoms with Gasteiger partial charge in [0.25, 0.3) is 6.01 Å². The zero-order valence-electron chi connectivity index (χ0n) is 6.09. The van der Waals surface area contributed by atoms with Crippen molar-refractivity contribution in [3.05, 3.63) is 23.9 Å². The fourth-order valence-electron chi connectivity index (χ4n) is 1.20. The Hall–Kier alpha value is -0.830. The molecule has 0 amide bonds. The van der Waals surface area contributed by atoms with Crippen molar-refractivity contribution < 1.29 is 8.81 Å². The van der Waals surface area contributed by atoms with Crippen LogP contribution in [0.4, 0.5) is 4.39 Å². The summed E-state index contributed by atoms with van der Waals surface area (Å²) in [6, 6.07) is 2.27. The molecule has 0 unspecified atom stereocenters. The molecule has 0 aliphatic heterocycles. The molecule has 3 heteroatoms. The minimum absolute atomic E-state index is 0.0977. The molecule has 0 bridgehead atoms.